The van der Waals surface area contributed by atoms with E-state index in [0.29, 0.717) is 17.7 Å². The number of rotatable bonds is 2. The van der Waals surface area contributed by atoms with Gasteiger partial charge in [-0.3, -0.25) is 4.79 Å². The van der Waals surface area contributed by atoms with Crippen LogP contribution < -0.4 is 5.32 Å². The molecule has 1 N–H and O–H groups in total. The summed E-state index contributed by atoms with van der Waals surface area (Å²) in [5, 5.41) is 2.91. The molecule has 3 rings (SSSR count). The van der Waals surface area contributed by atoms with Crippen molar-refractivity contribution in [2.24, 2.45) is 17.8 Å². The molecule has 2 aliphatic rings. The van der Waals surface area contributed by atoms with E-state index in [1.165, 1.54) is 0 Å². The van der Waals surface area contributed by atoms with Crippen molar-refractivity contribution in [1.82, 2.24) is 4.98 Å². The van der Waals surface area contributed by atoms with Crippen LogP contribution in [0.3, 0.4) is 0 Å². The largest absolute Gasteiger partial charge is 0.310 e. The van der Waals surface area contributed by atoms with Crippen LogP contribution in [0.15, 0.2) is 30.5 Å². The van der Waals surface area contributed by atoms with Gasteiger partial charge < -0.3 is 5.32 Å². The summed E-state index contributed by atoms with van der Waals surface area (Å²) in [6.45, 7) is 0. The van der Waals surface area contributed by atoms with E-state index in [1.54, 1.807) is 6.20 Å². The summed E-state index contributed by atoms with van der Waals surface area (Å²) in [7, 11) is 0. The zero-order valence-electron chi connectivity index (χ0n) is 9.27. The molecule has 88 valence electrons. The topological polar surface area (TPSA) is 42.0 Å². The summed E-state index contributed by atoms with van der Waals surface area (Å²) in [6.07, 6.45) is 8.35. The Morgan fingerprint density at radius 1 is 1.35 bits per heavy atom. The predicted octanol–water partition coefficient (Wildman–Crippen LogP) is 2.84. The van der Waals surface area contributed by atoms with Gasteiger partial charge >= 0.3 is 0 Å². The summed E-state index contributed by atoms with van der Waals surface area (Å²) >= 11 is 2.20. The highest BCUT2D eigenvalue weighted by Gasteiger charge is 2.39. The summed E-state index contributed by atoms with van der Waals surface area (Å²) < 4.78 is 1.07. The van der Waals surface area contributed by atoms with Crippen molar-refractivity contribution in [1.29, 1.82) is 0 Å². The lowest BCUT2D eigenvalue weighted by Gasteiger charge is -2.17. The number of hydrogen-bond acceptors (Lipinski definition) is 2. The Balaban J connectivity index is 1.68. The van der Waals surface area contributed by atoms with Crippen molar-refractivity contribution in [2.75, 3.05) is 5.32 Å². The molecule has 1 aromatic heterocycles. The smallest absolute Gasteiger partial charge is 0.229 e. The highest BCUT2D eigenvalue weighted by atomic mass is 127. The van der Waals surface area contributed by atoms with Gasteiger partial charge in [0, 0.05) is 15.7 Å². The van der Waals surface area contributed by atoms with Crippen molar-refractivity contribution in [2.45, 2.75) is 12.8 Å². The lowest BCUT2D eigenvalue weighted by molar-refractivity contribution is -0.120. The number of aromatic nitrogens is 1. The summed E-state index contributed by atoms with van der Waals surface area (Å²) in [4.78, 5) is 16.3. The number of carbonyl (C=O) groups excluding carboxylic acids is 1. The molecule has 2 aliphatic carbocycles. The molecule has 1 saturated carbocycles. The molecular weight excluding hydrogens is 327 g/mol. The molecule has 1 amide bonds. The van der Waals surface area contributed by atoms with E-state index in [4.69, 9.17) is 0 Å². The van der Waals surface area contributed by atoms with Gasteiger partial charge in [0.15, 0.2) is 0 Å². The second-order valence-electron chi connectivity index (χ2n) is 4.74. The SMILES string of the molecule is O=C(Nc1ccc(I)cn1)C1CC2C=CC1C2. The fourth-order valence-electron chi connectivity index (χ4n) is 2.75. The molecular formula is C13H13IN2O. The van der Waals surface area contributed by atoms with E-state index < -0.39 is 0 Å². The third-order valence-electron chi connectivity index (χ3n) is 3.59. The van der Waals surface area contributed by atoms with E-state index in [1.807, 2.05) is 12.1 Å². The third-order valence-corrected chi connectivity index (χ3v) is 4.23. The first-order chi connectivity index (χ1) is 8.22. The van der Waals surface area contributed by atoms with Gasteiger partial charge in [-0.05, 0) is 59.4 Å². The molecule has 1 aromatic rings. The van der Waals surface area contributed by atoms with Crippen LogP contribution in [0, 0.1) is 21.3 Å². The number of nitrogens with zero attached hydrogens (tertiary/aromatic N) is 1. The van der Waals surface area contributed by atoms with Crippen LogP contribution in [0.2, 0.25) is 0 Å². The zero-order chi connectivity index (χ0) is 11.8. The monoisotopic (exact) mass is 340 g/mol. The maximum absolute atomic E-state index is 12.1. The maximum atomic E-state index is 12.1. The Hall–Kier alpha value is -0.910. The fraction of sp³-hybridized carbons (Fsp3) is 0.385. The number of amides is 1. The molecule has 4 heteroatoms. The average Bonchev–Trinajstić information content (AvgIpc) is 2.94. The van der Waals surface area contributed by atoms with Crippen LogP contribution in [0.1, 0.15) is 12.8 Å². The number of pyridine rings is 1. The number of allylic oxidation sites excluding steroid dienone is 2. The van der Waals surface area contributed by atoms with E-state index in [-0.39, 0.29) is 11.8 Å². The number of nitrogens with one attached hydrogen (secondary N) is 1. The van der Waals surface area contributed by atoms with Gasteiger partial charge in [0.2, 0.25) is 5.91 Å². The first kappa shape index (κ1) is 11.2. The Labute approximate surface area is 114 Å². The maximum Gasteiger partial charge on any atom is 0.229 e. The number of hydrogen-bond donors (Lipinski definition) is 1. The first-order valence-electron chi connectivity index (χ1n) is 5.83. The van der Waals surface area contributed by atoms with E-state index in [2.05, 4.69) is 45.0 Å². The second-order valence-corrected chi connectivity index (χ2v) is 5.98. The molecule has 0 aliphatic heterocycles. The minimum atomic E-state index is 0.121. The minimum absolute atomic E-state index is 0.121. The van der Waals surface area contributed by atoms with Crippen LogP contribution in [0.4, 0.5) is 5.82 Å². The molecule has 17 heavy (non-hydrogen) atoms. The van der Waals surface area contributed by atoms with E-state index >= 15 is 0 Å². The molecule has 0 aromatic carbocycles. The lowest BCUT2D eigenvalue weighted by Crippen LogP contribution is -2.26. The third kappa shape index (κ3) is 2.22. The van der Waals surface area contributed by atoms with Crippen LogP contribution in [-0.2, 0) is 4.79 Å². The molecule has 0 radical (unpaired) electrons. The molecule has 0 saturated heterocycles. The number of halogens is 1. The first-order valence-corrected chi connectivity index (χ1v) is 6.91. The van der Waals surface area contributed by atoms with Gasteiger partial charge in [0.25, 0.3) is 0 Å². The average molecular weight is 340 g/mol. The Kier molecular flexibility index (Phi) is 2.90. The van der Waals surface area contributed by atoms with Crippen molar-refractivity contribution in [3.05, 3.63) is 34.1 Å². The van der Waals surface area contributed by atoms with Crippen molar-refractivity contribution in [3.63, 3.8) is 0 Å². The van der Waals surface area contributed by atoms with Gasteiger partial charge in [0.05, 0.1) is 0 Å². The number of anilines is 1. The minimum Gasteiger partial charge on any atom is -0.310 e. The molecule has 1 heterocycles. The Morgan fingerprint density at radius 3 is 2.82 bits per heavy atom. The Bertz CT molecular complexity index is 469. The van der Waals surface area contributed by atoms with Crippen molar-refractivity contribution in [3.8, 4) is 0 Å². The van der Waals surface area contributed by atoms with Crippen LogP contribution in [0.5, 0.6) is 0 Å². The van der Waals surface area contributed by atoms with Gasteiger partial charge in [-0.2, -0.15) is 0 Å². The van der Waals surface area contributed by atoms with Gasteiger partial charge in [0.1, 0.15) is 5.82 Å². The van der Waals surface area contributed by atoms with Crippen molar-refractivity contribution >= 4 is 34.3 Å². The summed E-state index contributed by atoms with van der Waals surface area (Å²) in [5.74, 6) is 1.99. The van der Waals surface area contributed by atoms with Gasteiger partial charge in [-0.15, -0.1) is 0 Å². The van der Waals surface area contributed by atoms with Crippen LogP contribution in [0.25, 0.3) is 0 Å². The normalized spacial score (nSPS) is 29.6. The van der Waals surface area contributed by atoms with E-state index in [0.717, 1.165) is 16.4 Å². The van der Waals surface area contributed by atoms with Gasteiger partial charge in [-0.25, -0.2) is 4.98 Å². The van der Waals surface area contributed by atoms with Crippen LogP contribution in [-0.4, -0.2) is 10.9 Å². The van der Waals surface area contributed by atoms with E-state index in [9.17, 15) is 4.79 Å². The van der Waals surface area contributed by atoms with Crippen molar-refractivity contribution < 1.29 is 4.79 Å². The lowest BCUT2D eigenvalue weighted by atomic mass is 9.93. The highest BCUT2D eigenvalue weighted by molar-refractivity contribution is 14.1. The molecule has 3 atom stereocenters. The highest BCUT2D eigenvalue weighted by Crippen LogP contribution is 2.43. The standard InChI is InChI=1S/C13H13IN2O/c14-10-3-4-12(15-7-10)16-13(17)11-6-8-1-2-9(11)5-8/h1-4,7-9,11H,5-6H2,(H,15,16,17). The second kappa shape index (κ2) is 4.40. The quantitative estimate of drug-likeness (QED) is 0.665. The molecule has 1 fully saturated rings. The Morgan fingerprint density at radius 2 is 2.24 bits per heavy atom. The predicted molar refractivity (Wildman–Crippen MR) is 74.4 cm³/mol. The molecule has 3 nitrogen and oxygen atoms in total. The number of carbonyl (C=O) groups is 1. The molecule has 3 unspecified atom stereocenters. The number of fused-ring (bicyclic) bond motifs is 2. The fourth-order valence-corrected chi connectivity index (χ4v) is 3.07. The van der Waals surface area contributed by atoms with Gasteiger partial charge in [-0.1, -0.05) is 12.2 Å². The zero-order valence-corrected chi connectivity index (χ0v) is 11.4. The van der Waals surface area contributed by atoms with Crippen LogP contribution >= 0.6 is 22.6 Å². The summed E-state index contributed by atoms with van der Waals surface area (Å²) in [6, 6.07) is 3.80. The summed E-state index contributed by atoms with van der Waals surface area (Å²) in [5.41, 5.74) is 0. The molecule has 2 bridgehead atoms. The molecule has 0 spiro atoms.